The van der Waals surface area contributed by atoms with E-state index in [-0.39, 0.29) is 29.8 Å². The van der Waals surface area contributed by atoms with Crippen LogP contribution in [0.1, 0.15) is 37.8 Å². The van der Waals surface area contributed by atoms with E-state index in [2.05, 4.69) is 36.4 Å². The van der Waals surface area contributed by atoms with Crippen LogP contribution in [-0.4, -0.2) is 49.3 Å². The molecule has 1 saturated carbocycles. The standard InChI is InChI=1S/C19H31FN4S.HI/c1-5-21-19(22-11-14(2)24(3)18-8-9-18)23-12-15-6-7-17(20)10-16(15)13-25-4;/h6-7,10,14,18H,5,8-9,11-13H2,1-4H3,(H2,21,22,23);1H. The molecule has 2 N–H and O–H groups in total. The van der Waals surface area contributed by atoms with Crippen LogP contribution in [0.25, 0.3) is 0 Å². The van der Waals surface area contributed by atoms with E-state index < -0.39 is 0 Å². The molecular weight excluding hydrogens is 462 g/mol. The number of likely N-dealkylation sites (N-methyl/N-ethyl adjacent to an activating group) is 1. The van der Waals surface area contributed by atoms with E-state index in [0.717, 1.165) is 42.0 Å². The molecule has 148 valence electrons. The average molecular weight is 494 g/mol. The molecule has 1 aromatic rings. The number of rotatable bonds is 9. The highest BCUT2D eigenvalue weighted by Crippen LogP contribution is 2.26. The molecule has 4 nitrogen and oxygen atoms in total. The first-order valence-corrected chi connectivity index (χ1v) is 10.4. The van der Waals surface area contributed by atoms with Crippen molar-refractivity contribution in [2.24, 2.45) is 4.99 Å². The van der Waals surface area contributed by atoms with Gasteiger partial charge in [0.25, 0.3) is 0 Å². The van der Waals surface area contributed by atoms with Gasteiger partial charge >= 0.3 is 0 Å². The largest absolute Gasteiger partial charge is 0.357 e. The number of hydrogen-bond acceptors (Lipinski definition) is 3. The Balaban J connectivity index is 0.00000338. The number of aliphatic imine (C=N–C) groups is 1. The highest BCUT2D eigenvalue weighted by atomic mass is 127. The first-order valence-electron chi connectivity index (χ1n) is 9.05. The number of hydrogen-bond donors (Lipinski definition) is 2. The number of nitrogens with one attached hydrogen (secondary N) is 2. The molecule has 0 radical (unpaired) electrons. The van der Waals surface area contributed by atoms with E-state index in [0.29, 0.717) is 12.6 Å². The molecule has 1 aliphatic rings. The molecule has 0 amide bonds. The van der Waals surface area contributed by atoms with Gasteiger partial charge in [-0.25, -0.2) is 9.38 Å². The predicted molar refractivity (Wildman–Crippen MR) is 122 cm³/mol. The van der Waals surface area contributed by atoms with Crippen LogP contribution in [0.15, 0.2) is 23.2 Å². The van der Waals surface area contributed by atoms with Gasteiger partial charge in [-0.05, 0) is 63.3 Å². The van der Waals surface area contributed by atoms with Crippen LogP contribution >= 0.6 is 35.7 Å². The van der Waals surface area contributed by atoms with E-state index in [9.17, 15) is 4.39 Å². The highest BCUT2D eigenvalue weighted by Gasteiger charge is 2.28. The molecule has 1 fully saturated rings. The first kappa shape index (κ1) is 23.5. The summed E-state index contributed by atoms with van der Waals surface area (Å²) in [5.41, 5.74) is 2.10. The van der Waals surface area contributed by atoms with Crippen molar-refractivity contribution in [2.75, 3.05) is 26.4 Å². The zero-order chi connectivity index (χ0) is 18.2. The summed E-state index contributed by atoms with van der Waals surface area (Å²) in [6.07, 6.45) is 4.66. The fourth-order valence-corrected chi connectivity index (χ4v) is 3.35. The van der Waals surface area contributed by atoms with Crippen LogP contribution in [0.3, 0.4) is 0 Å². The molecule has 0 aromatic heterocycles. The fourth-order valence-electron chi connectivity index (χ4n) is 2.77. The van der Waals surface area contributed by atoms with Crippen LogP contribution in [0, 0.1) is 5.82 Å². The second-order valence-corrected chi connectivity index (χ2v) is 7.53. The Morgan fingerprint density at radius 1 is 1.35 bits per heavy atom. The lowest BCUT2D eigenvalue weighted by molar-refractivity contribution is 0.247. The van der Waals surface area contributed by atoms with Gasteiger partial charge in [-0.1, -0.05) is 6.07 Å². The number of halogens is 2. The Hall–Kier alpha value is -0.540. The molecular formula is C19H32FIN4S. The van der Waals surface area contributed by atoms with Gasteiger partial charge < -0.3 is 10.6 Å². The van der Waals surface area contributed by atoms with E-state index in [1.165, 1.54) is 18.9 Å². The third-order valence-electron chi connectivity index (χ3n) is 4.60. The number of benzene rings is 1. The summed E-state index contributed by atoms with van der Waals surface area (Å²) in [5, 5.41) is 6.73. The van der Waals surface area contributed by atoms with Gasteiger partial charge in [-0.3, -0.25) is 4.90 Å². The minimum Gasteiger partial charge on any atom is -0.357 e. The van der Waals surface area contributed by atoms with Gasteiger partial charge in [0, 0.05) is 30.9 Å². The summed E-state index contributed by atoms with van der Waals surface area (Å²) in [5.74, 6) is 1.44. The molecule has 0 bridgehead atoms. The zero-order valence-electron chi connectivity index (χ0n) is 16.2. The third kappa shape index (κ3) is 7.60. The Kier molecular flexibility index (Phi) is 10.9. The van der Waals surface area contributed by atoms with Gasteiger partial charge in [-0.15, -0.1) is 24.0 Å². The van der Waals surface area contributed by atoms with Gasteiger partial charge in [-0.2, -0.15) is 11.8 Å². The Labute approximate surface area is 178 Å². The molecule has 1 aromatic carbocycles. The van der Waals surface area contributed by atoms with Crippen molar-refractivity contribution in [1.82, 2.24) is 15.5 Å². The molecule has 0 heterocycles. The third-order valence-corrected chi connectivity index (χ3v) is 5.20. The summed E-state index contributed by atoms with van der Waals surface area (Å²) in [4.78, 5) is 7.13. The van der Waals surface area contributed by atoms with Gasteiger partial charge in [0.1, 0.15) is 5.82 Å². The van der Waals surface area contributed by atoms with Crippen LogP contribution in [0.5, 0.6) is 0 Å². The summed E-state index contributed by atoms with van der Waals surface area (Å²) < 4.78 is 13.5. The summed E-state index contributed by atoms with van der Waals surface area (Å²) in [6, 6.07) is 6.20. The Morgan fingerprint density at radius 3 is 2.69 bits per heavy atom. The van der Waals surface area contributed by atoms with Crippen LogP contribution in [0.2, 0.25) is 0 Å². The van der Waals surface area contributed by atoms with Crippen molar-refractivity contribution in [1.29, 1.82) is 0 Å². The summed E-state index contributed by atoms with van der Waals surface area (Å²) >= 11 is 1.70. The lowest BCUT2D eigenvalue weighted by Gasteiger charge is -2.25. The summed E-state index contributed by atoms with van der Waals surface area (Å²) in [7, 11) is 2.20. The second kappa shape index (κ2) is 12.0. The minimum atomic E-state index is -0.182. The fraction of sp³-hybridized carbons (Fsp3) is 0.632. The van der Waals surface area contributed by atoms with Gasteiger partial charge in [0.15, 0.2) is 5.96 Å². The SMILES string of the molecule is CCNC(=NCc1ccc(F)cc1CSC)NCC(C)N(C)C1CC1.I. The number of guanidine groups is 1. The van der Waals surface area contributed by atoms with Crippen LogP contribution in [-0.2, 0) is 12.3 Å². The van der Waals surface area contributed by atoms with Crippen molar-refractivity contribution >= 4 is 41.7 Å². The smallest absolute Gasteiger partial charge is 0.191 e. The molecule has 7 heteroatoms. The van der Waals surface area contributed by atoms with Crippen LogP contribution < -0.4 is 10.6 Å². The molecule has 1 unspecified atom stereocenters. The average Bonchev–Trinajstić information content (AvgIpc) is 3.43. The molecule has 1 atom stereocenters. The monoisotopic (exact) mass is 494 g/mol. The highest BCUT2D eigenvalue weighted by molar-refractivity contribution is 14.0. The number of thioether (sulfide) groups is 1. The lowest BCUT2D eigenvalue weighted by atomic mass is 10.1. The Bertz CT molecular complexity index is 581. The molecule has 1 aliphatic carbocycles. The number of nitrogens with zero attached hydrogens (tertiary/aromatic N) is 2. The van der Waals surface area contributed by atoms with Crippen LogP contribution in [0.4, 0.5) is 4.39 Å². The van der Waals surface area contributed by atoms with E-state index in [4.69, 9.17) is 4.99 Å². The summed E-state index contributed by atoms with van der Waals surface area (Å²) in [6.45, 7) is 6.54. The maximum absolute atomic E-state index is 13.5. The molecule has 2 rings (SSSR count). The molecule has 26 heavy (non-hydrogen) atoms. The van der Waals surface area contributed by atoms with Gasteiger partial charge in [0.05, 0.1) is 6.54 Å². The zero-order valence-corrected chi connectivity index (χ0v) is 19.4. The molecule has 0 aliphatic heterocycles. The lowest BCUT2D eigenvalue weighted by Crippen LogP contribution is -2.45. The minimum absolute atomic E-state index is 0. The van der Waals surface area contributed by atoms with Crippen molar-refractivity contribution in [3.63, 3.8) is 0 Å². The van der Waals surface area contributed by atoms with E-state index in [1.807, 2.05) is 12.3 Å². The normalized spacial score (nSPS) is 15.5. The van der Waals surface area contributed by atoms with Crippen molar-refractivity contribution in [3.8, 4) is 0 Å². The maximum atomic E-state index is 13.5. The van der Waals surface area contributed by atoms with Crippen molar-refractivity contribution < 1.29 is 4.39 Å². The van der Waals surface area contributed by atoms with Crippen molar-refractivity contribution in [2.45, 2.75) is 51.1 Å². The van der Waals surface area contributed by atoms with E-state index in [1.54, 1.807) is 17.8 Å². The predicted octanol–water partition coefficient (Wildman–Crippen LogP) is 3.84. The molecule has 0 saturated heterocycles. The van der Waals surface area contributed by atoms with E-state index >= 15 is 0 Å². The second-order valence-electron chi connectivity index (χ2n) is 6.67. The van der Waals surface area contributed by atoms with Gasteiger partial charge in [0.2, 0.25) is 0 Å². The quantitative estimate of drug-likeness (QED) is 0.311. The van der Waals surface area contributed by atoms with Crippen molar-refractivity contribution in [3.05, 3.63) is 35.1 Å². The Morgan fingerprint density at radius 2 is 2.08 bits per heavy atom. The topological polar surface area (TPSA) is 39.7 Å². The first-order chi connectivity index (χ1) is 12.0. The molecule has 0 spiro atoms. The maximum Gasteiger partial charge on any atom is 0.191 e.